The van der Waals surface area contributed by atoms with E-state index in [1.165, 1.54) is 4.90 Å². The fourth-order valence-electron chi connectivity index (χ4n) is 3.16. The maximum Gasteiger partial charge on any atom is 0.340 e. The number of anilines is 1. The van der Waals surface area contributed by atoms with Crippen LogP contribution >= 0.6 is 15.9 Å². The zero-order chi connectivity index (χ0) is 22.5. The molecule has 2 aromatic carbocycles. The van der Waals surface area contributed by atoms with Crippen molar-refractivity contribution < 1.29 is 23.9 Å². The Morgan fingerprint density at radius 3 is 2.32 bits per heavy atom. The molecule has 31 heavy (non-hydrogen) atoms. The first kappa shape index (κ1) is 22.3. The summed E-state index contributed by atoms with van der Waals surface area (Å²) in [5.41, 5.74) is 7.37. The number of nitrogens with two attached hydrogens (primary N) is 1. The zero-order valence-corrected chi connectivity index (χ0v) is 18.6. The number of esters is 1. The molecule has 0 atom stereocenters. The lowest BCUT2D eigenvalue weighted by molar-refractivity contribution is -0.138. The van der Waals surface area contributed by atoms with E-state index < -0.39 is 11.9 Å². The summed E-state index contributed by atoms with van der Waals surface area (Å²) in [6, 6.07) is 14.0. The Balaban J connectivity index is 1.98. The van der Waals surface area contributed by atoms with Crippen LogP contribution in [0.15, 0.2) is 69.8 Å². The van der Waals surface area contributed by atoms with E-state index in [9.17, 15) is 14.4 Å². The second-order valence-electron chi connectivity index (χ2n) is 6.68. The SMILES string of the molecule is CCOC(=O)C1=C(C)N(c2ccc(Br)cc2)C(=O)/C1=C\c1ccc(OCC(N)=O)cc1. The Morgan fingerprint density at radius 2 is 1.74 bits per heavy atom. The van der Waals surface area contributed by atoms with Crippen LogP contribution in [0.5, 0.6) is 5.75 Å². The van der Waals surface area contributed by atoms with Gasteiger partial charge in [-0.15, -0.1) is 0 Å². The van der Waals surface area contributed by atoms with Crippen molar-refractivity contribution in [1.82, 2.24) is 0 Å². The lowest BCUT2D eigenvalue weighted by Gasteiger charge is -2.18. The van der Waals surface area contributed by atoms with Crippen LogP contribution in [0.25, 0.3) is 6.08 Å². The highest BCUT2D eigenvalue weighted by atomic mass is 79.9. The summed E-state index contributed by atoms with van der Waals surface area (Å²) in [6.45, 7) is 3.40. The van der Waals surface area contributed by atoms with Crippen LogP contribution in [-0.4, -0.2) is 31.0 Å². The highest BCUT2D eigenvalue weighted by molar-refractivity contribution is 9.10. The standard InChI is InChI=1S/C23H21BrN2O5/c1-3-30-23(29)21-14(2)26(17-8-6-16(24)7-9-17)22(28)19(21)12-15-4-10-18(11-5-15)31-13-20(25)27/h4-12H,3,13H2,1-2H3,(H2,25,27)/b19-12-. The minimum atomic E-state index is -0.574. The number of rotatable bonds is 7. The van der Waals surface area contributed by atoms with E-state index >= 15 is 0 Å². The van der Waals surface area contributed by atoms with Gasteiger partial charge >= 0.3 is 5.97 Å². The topological polar surface area (TPSA) is 98.9 Å². The van der Waals surface area contributed by atoms with Crippen LogP contribution in [0.3, 0.4) is 0 Å². The van der Waals surface area contributed by atoms with Crippen molar-refractivity contribution in [1.29, 1.82) is 0 Å². The van der Waals surface area contributed by atoms with Crippen molar-refractivity contribution in [2.75, 3.05) is 18.1 Å². The first-order valence-electron chi connectivity index (χ1n) is 9.53. The van der Waals surface area contributed by atoms with Gasteiger partial charge in [0.15, 0.2) is 6.61 Å². The van der Waals surface area contributed by atoms with E-state index in [1.54, 1.807) is 56.3 Å². The fourth-order valence-corrected chi connectivity index (χ4v) is 3.43. The third-order valence-electron chi connectivity index (χ3n) is 4.54. The molecule has 0 aliphatic carbocycles. The summed E-state index contributed by atoms with van der Waals surface area (Å²) in [4.78, 5) is 38.3. The molecule has 0 bridgehead atoms. The molecule has 1 heterocycles. The number of amides is 2. The number of allylic oxidation sites excluding steroid dienone is 1. The number of ether oxygens (including phenoxy) is 2. The van der Waals surface area contributed by atoms with E-state index in [-0.39, 0.29) is 30.3 Å². The van der Waals surface area contributed by atoms with Crippen LogP contribution in [0.4, 0.5) is 5.69 Å². The highest BCUT2D eigenvalue weighted by Gasteiger charge is 2.38. The Morgan fingerprint density at radius 1 is 1.10 bits per heavy atom. The number of nitrogens with zero attached hydrogens (tertiary/aromatic N) is 1. The van der Waals surface area contributed by atoms with E-state index in [0.717, 1.165) is 4.47 Å². The second kappa shape index (κ2) is 9.61. The van der Waals surface area contributed by atoms with Crippen molar-refractivity contribution in [3.05, 3.63) is 75.4 Å². The predicted octanol–water partition coefficient (Wildman–Crippen LogP) is 3.58. The minimum absolute atomic E-state index is 0.196. The monoisotopic (exact) mass is 484 g/mol. The summed E-state index contributed by atoms with van der Waals surface area (Å²) in [6.07, 6.45) is 1.63. The molecule has 1 aliphatic heterocycles. The Bertz CT molecular complexity index is 1070. The van der Waals surface area contributed by atoms with Gasteiger partial charge < -0.3 is 15.2 Å². The van der Waals surface area contributed by atoms with Crippen LogP contribution in [0.2, 0.25) is 0 Å². The number of benzene rings is 2. The van der Waals surface area contributed by atoms with E-state index in [1.807, 2.05) is 12.1 Å². The number of carbonyl (C=O) groups is 3. The predicted molar refractivity (Wildman–Crippen MR) is 120 cm³/mol. The molecule has 2 aromatic rings. The van der Waals surface area contributed by atoms with Gasteiger partial charge in [-0.05, 0) is 61.9 Å². The Hall–Kier alpha value is -3.39. The maximum atomic E-state index is 13.3. The lowest BCUT2D eigenvalue weighted by atomic mass is 10.0. The lowest BCUT2D eigenvalue weighted by Crippen LogP contribution is -2.24. The quantitative estimate of drug-likeness (QED) is 0.478. The van der Waals surface area contributed by atoms with Gasteiger partial charge in [-0.25, -0.2) is 4.79 Å². The van der Waals surface area contributed by atoms with Crippen LogP contribution in [0, 0.1) is 0 Å². The molecule has 160 valence electrons. The van der Waals surface area contributed by atoms with Crippen molar-refractivity contribution >= 4 is 45.5 Å². The number of primary amides is 1. The van der Waals surface area contributed by atoms with Crippen LogP contribution in [0.1, 0.15) is 19.4 Å². The molecular formula is C23H21BrN2O5. The largest absolute Gasteiger partial charge is 0.484 e. The van der Waals surface area contributed by atoms with Gasteiger partial charge in [0.1, 0.15) is 5.75 Å². The van der Waals surface area contributed by atoms with E-state index in [4.69, 9.17) is 15.2 Å². The summed E-state index contributed by atoms with van der Waals surface area (Å²) in [7, 11) is 0. The number of halogens is 1. The van der Waals surface area contributed by atoms with Crippen LogP contribution < -0.4 is 15.4 Å². The highest BCUT2D eigenvalue weighted by Crippen LogP contribution is 2.36. The average Bonchev–Trinajstić information content (AvgIpc) is 2.98. The molecule has 1 aliphatic rings. The molecular weight excluding hydrogens is 464 g/mol. The van der Waals surface area contributed by atoms with Gasteiger partial charge in [0.2, 0.25) is 0 Å². The normalized spacial score (nSPS) is 14.9. The zero-order valence-electron chi connectivity index (χ0n) is 17.1. The number of carbonyl (C=O) groups excluding carboxylic acids is 3. The average molecular weight is 485 g/mol. The third-order valence-corrected chi connectivity index (χ3v) is 5.07. The van der Waals surface area contributed by atoms with Crippen molar-refractivity contribution in [3.63, 3.8) is 0 Å². The molecule has 2 amide bonds. The first-order chi connectivity index (χ1) is 14.8. The summed E-state index contributed by atoms with van der Waals surface area (Å²) in [5.74, 6) is -0.986. The van der Waals surface area contributed by atoms with E-state index in [0.29, 0.717) is 22.7 Å². The minimum Gasteiger partial charge on any atom is -0.484 e. The molecule has 0 aromatic heterocycles. The van der Waals surface area contributed by atoms with Gasteiger partial charge in [-0.3, -0.25) is 14.5 Å². The summed E-state index contributed by atoms with van der Waals surface area (Å²) in [5, 5.41) is 0. The molecule has 0 fully saturated rings. The third kappa shape index (κ3) is 5.03. The second-order valence-corrected chi connectivity index (χ2v) is 7.60. The fraction of sp³-hybridized carbons (Fsp3) is 0.174. The summed E-state index contributed by atoms with van der Waals surface area (Å²) < 4.78 is 11.3. The van der Waals surface area contributed by atoms with Gasteiger partial charge in [-0.1, -0.05) is 28.1 Å². The van der Waals surface area contributed by atoms with E-state index in [2.05, 4.69) is 15.9 Å². The molecule has 0 unspecified atom stereocenters. The maximum absolute atomic E-state index is 13.3. The van der Waals surface area contributed by atoms with Gasteiger partial charge in [0.05, 0.1) is 17.8 Å². The van der Waals surface area contributed by atoms with Gasteiger partial charge in [0, 0.05) is 15.9 Å². The van der Waals surface area contributed by atoms with Crippen molar-refractivity contribution in [3.8, 4) is 5.75 Å². The number of hydrogen-bond donors (Lipinski definition) is 1. The molecule has 7 nitrogen and oxygen atoms in total. The van der Waals surface area contributed by atoms with Gasteiger partial charge in [0.25, 0.3) is 11.8 Å². The molecule has 0 radical (unpaired) electrons. The molecule has 0 spiro atoms. The molecule has 3 rings (SSSR count). The molecule has 2 N–H and O–H groups in total. The Labute approximate surface area is 188 Å². The smallest absolute Gasteiger partial charge is 0.340 e. The molecule has 0 saturated carbocycles. The Kier molecular flexibility index (Phi) is 6.91. The first-order valence-corrected chi connectivity index (χ1v) is 10.3. The summed E-state index contributed by atoms with van der Waals surface area (Å²) >= 11 is 3.38. The van der Waals surface area contributed by atoms with Gasteiger partial charge in [-0.2, -0.15) is 0 Å². The molecule has 0 saturated heterocycles. The van der Waals surface area contributed by atoms with Crippen molar-refractivity contribution in [2.45, 2.75) is 13.8 Å². The van der Waals surface area contributed by atoms with Crippen LogP contribution in [-0.2, 0) is 19.1 Å². The number of hydrogen-bond acceptors (Lipinski definition) is 5. The molecule has 8 heteroatoms. The van der Waals surface area contributed by atoms with Crippen molar-refractivity contribution in [2.24, 2.45) is 5.73 Å².